The SMILES string of the molecule is CCCCCCCCCCCOc1ccc(CC)cc1. The van der Waals surface area contributed by atoms with Crippen LogP contribution in [0.3, 0.4) is 0 Å². The van der Waals surface area contributed by atoms with E-state index in [1.165, 1.54) is 63.4 Å². The van der Waals surface area contributed by atoms with Crippen LogP contribution in [0.15, 0.2) is 24.3 Å². The highest BCUT2D eigenvalue weighted by molar-refractivity contribution is 5.27. The van der Waals surface area contributed by atoms with Gasteiger partial charge in [0.2, 0.25) is 0 Å². The number of ether oxygens (including phenoxy) is 1. The van der Waals surface area contributed by atoms with Crippen LogP contribution in [0.1, 0.15) is 77.2 Å². The third-order valence-corrected chi connectivity index (χ3v) is 3.85. The van der Waals surface area contributed by atoms with Gasteiger partial charge in [-0.1, -0.05) is 77.3 Å². The van der Waals surface area contributed by atoms with Gasteiger partial charge in [-0.15, -0.1) is 0 Å². The molecule has 114 valence electrons. The maximum atomic E-state index is 5.77. The molecule has 0 atom stereocenters. The lowest BCUT2D eigenvalue weighted by Crippen LogP contribution is -1.97. The van der Waals surface area contributed by atoms with Crippen LogP contribution in [0.5, 0.6) is 5.75 Å². The molecule has 0 fully saturated rings. The van der Waals surface area contributed by atoms with Crippen LogP contribution in [-0.2, 0) is 6.42 Å². The Balaban J connectivity index is 1.91. The standard InChI is InChI=1S/C19H32O/c1-3-5-6-7-8-9-10-11-12-17-20-19-15-13-18(4-2)14-16-19/h13-16H,3-12,17H2,1-2H3. The van der Waals surface area contributed by atoms with Crippen molar-refractivity contribution in [2.75, 3.05) is 6.61 Å². The second-order valence-electron chi connectivity index (χ2n) is 5.67. The van der Waals surface area contributed by atoms with E-state index in [9.17, 15) is 0 Å². The van der Waals surface area contributed by atoms with Crippen molar-refractivity contribution in [2.45, 2.75) is 78.1 Å². The lowest BCUT2D eigenvalue weighted by Gasteiger charge is -2.07. The fourth-order valence-corrected chi connectivity index (χ4v) is 2.42. The number of benzene rings is 1. The number of unbranched alkanes of at least 4 members (excludes halogenated alkanes) is 8. The smallest absolute Gasteiger partial charge is 0.119 e. The van der Waals surface area contributed by atoms with E-state index in [-0.39, 0.29) is 0 Å². The summed E-state index contributed by atoms with van der Waals surface area (Å²) in [4.78, 5) is 0. The first kappa shape index (κ1) is 17.1. The minimum atomic E-state index is 0.862. The topological polar surface area (TPSA) is 9.23 Å². The van der Waals surface area contributed by atoms with E-state index in [1.54, 1.807) is 0 Å². The van der Waals surface area contributed by atoms with E-state index in [1.807, 2.05) is 0 Å². The Kier molecular flexibility index (Phi) is 10.1. The Labute approximate surface area is 125 Å². The Morgan fingerprint density at radius 1 is 0.700 bits per heavy atom. The van der Waals surface area contributed by atoms with Crippen molar-refractivity contribution >= 4 is 0 Å². The van der Waals surface area contributed by atoms with Gasteiger partial charge in [0, 0.05) is 0 Å². The molecule has 0 aliphatic carbocycles. The molecule has 1 aromatic rings. The van der Waals surface area contributed by atoms with Crippen LogP contribution < -0.4 is 4.74 Å². The van der Waals surface area contributed by atoms with E-state index < -0.39 is 0 Å². The molecule has 0 aliphatic rings. The molecule has 0 bridgehead atoms. The van der Waals surface area contributed by atoms with Gasteiger partial charge in [0.1, 0.15) is 5.75 Å². The summed E-state index contributed by atoms with van der Waals surface area (Å²) < 4.78 is 5.77. The van der Waals surface area contributed by atoms with Gasteiger partial charge in [-0.2, -0.15) is 0 Å². The molecule has 1 rings (SSSR count). The van der Waals surface area contributed by atoms with E-state index in [4.69, 9.17) is 4.74 Å². The van der Waals surface area contributed by atoms with Crippen LogP contribution in [0.25, 0.3) is 0 Å². The fourth-order valence-electron chi connectivity index (χ4n) is 2.42. The van der Waals surface area contributed by atoms with E-state index in [2.05, 4.69) is 38.1 Å². The molecule has 0 aliphatic heterocycles. The second kappa shape index (κ2) is 11.8. The Hall–Kier alpha value is -0.980. The first-order chi connectivity index (χ1) is 9.86. The summed E-state index contributed by atoms with van der Waals surface area (Å²) in [5, 5.41) is 0. The van der Waals surface area contributed by atoms with Gasteiger partial charge in [0.05, 0.1) is 6.61 Å². The normalized spacial score (nSPS) is 10.7. The number of hydrogen-bond donors (Lipinski definition) is 0. The van der Waals surface area contributed by atoms with Crippen LogP contribution in [0, 0.1) is 0 Å². The van der Waals surface area contributed by atoms with Crippen molar-refractivity contribution in [1.82, 2.24) is 0 Å². The van der Waals surface area contributed by atoms with Crippen LogP contribution in [-0.4, -0.2) is 6.61 Å². The highest BCUT2D eigenvalue weighted by Crippen LogP contribution is 2.14. The van der Waals surface area contributed by atoms with Crippen molar-refractivity contribution in [3.8, 4) is 5.75 Å². The predicted molar refractivity (Wildman–Crippen MR) is 88.5 cm³/mol. The van der Waals surface area contributed by atoms with Gasteiger partial charge in [-0.05, 0) is 30.5 Å². The Morgan fingerprint density at radius 2 is 1.25 bits per heavy atom. The molecular weight excluding hydrogens is 244 g/mol. The van der Waals surface area contributed by atoms with E-state index in [0.717, 1.165) is 18.8 Å². The average Bonchev–Trinajstić information content (AvgIpc) is 2.50. The van der Waals surface area contributed by atoms with Gasteiger partial charge >= 0.3 is 0 Å². The molecule has 1 aromatic carbocycles. The highest BCUT2D eigenvalue weighted by Gasteiger charge is 1.95. The van der Waals surface area contributed by atoms with Gasteiger partial charge < -0.3 is 4.74 Å². The van der Waals surface area contributed by atoms with Gasteiger partial charge in [-0.3, -0.25) is 0 Å². The summed E-state index contributed by atoms with van der Waals surface area (Å²) in [5.41, 5.74) is 1.38. The molecule has 20 heavy (non-hydrogen) atoms. The third kappa shape index (κ3) is 8.24. The second-order valence-corrected chi connectivity index (χ2v) is 5.67. The Morgan fingerprint density at radius 3 is 1.80 bits per heavy atom. The van der Waals surface area contributed by atoms with Crippen LogP contribution in [0.4, 0.5) is 0 Å². The molecule has 0 saturated carbocycles. The maximum absolute atomic E-state index is 5.77. The van der Waals surface area contributed by atoms with E-state index >= 15 is 0 Å². The molecule has 0 radical (unpaired) electrons. The molecular formula is C19H32O. The predicted octanol–water partition coefficient (Wildman–Crippen LogP) is 6.16. The van der Waals surface area contributed by atoms with Gasteiger partial charge in [0.25, 0.3) is 0 Å². The number of aryl methyl sites for hydroxylation is 1. The molecule has 0 unspecified atom stereocenters. The zero-order valence-electron chi connectivity index (χ0n) is 13.5. The van der Waals surface area contributed by atoms with Crippen LogP contribution >= 0.6 is 0 Å². The largest absolute Gasteiger partial charge is 0.494 e. The first-order valence-corrected chi connectivity index (χ1v) is 8.58. The fraction of sp³-hybridized carbons (Fsp3) is 0.684. The molecule has 0 heterocycles. The van der Waals surface area contributed by atoms with Crippen LogP contribution in [0.2, 0.25) is 0 Å². The summed E-state index contributed by atoms with van der Waals surface area (Å²) in [7, 11) is 0. The number of hydrogen-bond acceptors (Lipinski definition) is 1. The molecule has 0 aromatic heterocycles. The van der Waals surface area contributed by atoms with E-state index in [0.29, 0.717) is 0 Å². The highest BCUT2D eigenvalue weighted by atomic mass is 16.5. The van der Waals surface area contributed by atoms with Crippen molar-refractivity contribution in [2.24, 2.45) is 0 Å². The summed E-state index contributed by atoms with van der Waals surface area (Å²) in [6.07, 6.45) is 13.4. The zero-order chi connectivity index (χ0) is 14.5. The molecule has 1 heteroatoms. The minimum absolute atomic E-state index is 0.862. The van der Waals surface area contributed by atoms with Gasteiger partial charge in [0.15, 0.2) is 0 Å². The molecule has 1 nitrogen and oxygen atoms in total. The maximum Gasteiger partial charge on any atom is 0.119 e. The summed E-state index contributed by atoms with van der Waals surface area (Å²) in [5.74, 6) is 1.02. The minimum Gasteiger partial charge on any atom is -0.494 e. The Bertz CT molecular complexity index is 315. The van der Waals surface area contributed by atoms with Crippen molar-refractivity contribution in [3.63, 3.8) is 0 Å². The molecule has 0 amide bonds. The summed E-state index contributed by atoms with van der Waals surface area (Å²) >= 11 is 0. The zero-order valence-corrected chi connectivity index (χ0v) is 13.5. The lowest BCUT2D eigenvalue weighted by atomic mass is 10.1. The monoisotopic (exact) mass is 276 g/mol. The molecule has 0 spiro atoms. The quantitative estimate of drug-likeness (QED) is 0.415. The third-order valence-electron chi connectivity index (χ3n) is 3.85. The number of rotatable bonds is 12. The van der Waals surface area contributed by atoms with Gasteiger partial charge in [-0.25, -0.2) is 0 Å². The average molecular weight is 276 g/mol. The lowest BCUT2D eigenvalue weighted by molar-refractivity contribution is 0.304. The van der Waals surface area contributed by atoms with Crippen molar-refractivity contribution in [3.05, 3.63) is 29.8 Å². The van der Waals surface area contributed by atoms with Crippen molar-refractivity contribution < 1.29 is 4.74 Å². The molecule has 0 N–H and O–H groups in total. The molecule has 0 saturated heterocycles. The summed E-state index contributed by atoms with van der Waals surface area (Å²) in [6, 6.07) is 8.50. The van der Waals surface area contributed by atoms with Crippen molar-refractivity contribution in [1.29, 1.82) is 0 Å². The first-order valence-electron chi connectivity index (χ1n) is 8.58. The summed E-state index contributed by atoms with van der Waals surface area (Å²) in [6.45, 7) is 5.31.